The van der Waals surface area contributed by atoms with Crippen LogP contribution in [0.1, 0.15) is 31.4 Å². The highest BCUT2D eigenvalue weighted by Gasteiger charge is 2.24. The van der Waals surface area contributed by atoms with E-state index in [2.05, 4.69) is 30.5 Å². The molecule has 3 heterocycles. The number of nitroso groups, excluding NO2 is 1. The van der Waals surface area contributed by atoms with Gasteiger partial charge in [-0.3, -0.25) is 4.68 Å². The molecule has 4 N–H and O–H groups in total. The van der Waals surface area contributed by atoms with Crippen molar-refractivity contribution >= 4 is 22.5 Å². The van der Waals surface area contributed by atoms with Gasteiger partial charge in [-0.25, -0.2) is 23.1 Å². The zero-order valence-corrected chi connectivity index (χ0v) is 19.2. The molecule has 4 aromatic rings. The zero-order valence-electron chi connectivity index (χ0n) is 19.2. The molecule has 1 aliphatic rings. The number of nitrogens with zero attached hydrogens (tertiary/aromatic N) is 5. The van der Waals surface area contributed by atoms with Crippen molar-refractivity contribution in [2.75, 3.05) is 11.1 Å². The summed E-state index contributed by atoms with van der Waals surface area (Å²) in [5.74, 6) is -1.26. The molecule has 5 rings (SSSR count). The SMILES string of the molecule is Cc1cc(N)n(C)n1.O=N[C@@H]1CCC[C@H](Nc2nc(-c3c[nH]c4c(F)cc(F)cc34)ncc2F)C1. The molecule has 0 radical (unpaired) electrons. The van der Waals surface area contributed by atoms with Crippen molar-refractivity contribution in [2.24, 2.45) is 12.2 Å². The second-order valence-corrected chi connectivity index (χ2v) is 8.50. The van der Waals surface area contributed by atoms with E-state index in [1.54, 1.807) is 4.68 Å². The van der Waals surface area contributed by atoms with Gasteiger partial charge in [0.2, 0.25) is 0 Å². The third-order valence-electron chi connectivity index (χ3n) is 5.87. The number of aromatic nitrogens is 5. The van der Waals surface area contributed by atoms with E-state index in [0.717, 1.165) is 37.2 Å². The zero-order chi connectivity index (χ0) is 25.1. The van der Waals surface area contributed by atoms with Crippen molar-refractivity contribution in [3.05, 3.63) is 58.6 Å². The number of rotatable bonds is 4. The predicted molar refractivity (Wildman–Crippen MR) is 127 cm³/mol. The molecule has 0 unspecified atom stereocenters. The number of hydrogen-bond acceptors (Lipinski definition) is 7. The van der Waals surface area contributed by atoms with Gasteiger partial charge < -0.3 is 16.0 Å². The highest BCUT2D eigenvalue weighted by Crippen LogP contribution is 2.30. The van der Waals surface area contributed by atoms with Crippen LogP contribution in [-0.4, -0.2) is 36.8 Å². The van der Waals surface area contributed by atoms with Crippen LogP contribution in [0.2, 0.25) is 0 Å². The monoisotopic (exact) mass is 486 g/mol. The van der Waals surface area contributed by atoms with Gasteiger partial charge in [-0.05, 0) is 38.7 Å². The molecule has 0 spiro atoms. The molecule has 1 fully saturated rings. The lowest BCUT2D eigenvalue weighted by Gasteiger charge is -2.26. The summed E-state index contributed by atoms with van der Waals surface area (Å²) >= 11 is 0. The Bertz CT molecular complexity index is 1330. The molecule has 3 aromatic heterocycles. The normalized spacial score (nSPS) is 17.6. The van der Waals surface area contributed by atoms with E-state index in [4.69, 9.17) is 5.73 Å². The van der Waals surface area contributed by atoms with Gasteiger partial charge >= 0.3 is 0 Å². The van der Waals surface area contributed by atoms with E-state index in [-0.39, 0.29) is 34.6 Å². The number of anilines is 2. The number of hydrogen-bond donors (Lipinski definition) is 3. The standard InChI is InChI=1S/C18H16F3N5O.C5H9N3/c19-9-4-12-13(7-22-16(12)14(20)5-9)17-23-8-15(21)18(25-17)24-10-2-1-3-11(6-10)26-27;1-4-3-5(6)8(2)7-4/h4-5,7-8,10-11,22H,1-3,6H2,(H,23,24,25);3H,6H2,1-2H3/t10-,11+;/m0./s1. The van der Waals surface area contributed by atoms with Crippen molar-refractivity contribution in [3.8, 4) is 11.4 Å². The van der Waals surface area contributed by atoms with E-state index in [1.807, 2.05) is 20.0 Å². The highest BCUT2D eigenvalue weighted by molar-refractivity contribution is 5.94. The molecule has 0 bridgehead atoms. The molecule has 0 saturated heterocycles. The van der Waals surface area contributed by atoms with Crippen molar-refractivity contribution in [1.29, 1.82) is 0 Å². The first-order chi connectivity index (χ1) is 16.7. The molecule has 0 amide bonds. The Morgan fingerprint density at radius 1 is 1.20 bits per heavy atom. The number of nitrogens with two attached hydrogens (primary N) is 1. The Kier molecular flexibility index (Phi) is 6.99. The van der Waals surface area contributed by atoms with Crippen LogP contribution in [0.15, 0.2) is 35.8 Å². The van der Waals surface area contributed by atoms with Gasteiger partial charge in [0.25, 0.3) is 0 Å². The lowest BCUT2D eigenvalue weighted by Crippen LogP contribution is -2.29. The minimum Gasteiger partial charge on any atom is -0.384 e. The average molecular weight is 487 g/mol. The van der Waals surface area contributed by atoms with Crippen LogP contribution in [0.5, 0.6) is 0 Å². The fourth-order valence-electron chi connectivity index (χ4n) is 4.15. The molecular formula is C23H25F3N8O. The number of benzene rings is 1. The number of nitrogens with one attached hydrogen (secondary N) is 2. The maximum Gasteiger partial charge on any atom is 0.183 e. The van der Waals surface area contributed by atoms with Gasteiger partial charge in [-0.1, -0.05) is 5.18 Å². The highest BCUT2D eigenvalue weighted by atomic mass is 19.1. The van der Waals surface area contributed by atoms with E-state index in [1.165, 1.54) is 12.3 Å². The molecule has 0 aliphatic heterocycles. The molecule has 1 aliphatic carbocycles. The number of nitrogen functional groups attached to an aromatic ring is 1. The number of H-pyrrole nitrogens is 1. The summed E-state index contributed by atoms with van der Waals surface area (Å²) in [6.45, 7) is 1.91. The van der Waals surface area contributed by atoms with Crippen molar-refractivity contribution in [1.82, 2.24) is 24.7 Å². The molecule has 2 atom stereocenters. The van der Waals surface area contributed by atoms with Crippen LogP contribution in [0.4, 0.5) is 24.8 Å². The Hall–Kier alpha value is -3.96. The summed E-state index contributed by atoms with van der Waals surface area (Å²) in [7, 11) is 1.82. The topological polar surface area (TPSA) is 127 Å². The number of aryl methyl sites for hydroxylation is 2. The van der Waals surface area contributed by atoms with Gasteiger partial charge in [-0.2, -0.15) is 10.0 Å². The minimum atomic E-state index is -0.730. The van der Waals surface area contributed by atoms with E-state index < -0.39 is 17.5 Å². The number of fused-ring (bicyclic) bond motifs is 1. The summed E-state index contributed by atoms with van der Waals surface area (Å²) in [4.78, 5) is 21.7. The number of aromatic amines is 1. The Morgan fingerprint density at radius 3 is 2.66 bits per heavy atom. The second kappa shape index (κ2) is 10.1. The van der Waals surface area contributed by atoms with Crippen LogP contribution >= 0.6 is 0 Å². The largest absolute Gasteiger partial charge is 0.384 e. The van der Waals surface area contributed by atoms with Gasteiger partial charge in [0.05, 0.1) is 23.4 Å². The Labute approximate surface area is 198 Å². The summed E-state index contributed by atoms with van der Waals surface area (Å²) in [6, 6.07) is 3.37. The molecule has 184 valence electrons. The van der Waals surface area contributed by atoms with Crippen molar-refractivity contribution in [2.45, 2.75) is 44.7 Å². The van der Waals surface area contributed by atoms with E-state index in [0.29, 0.717) is 17.8 Å². The molecule has 35 heavy (non-hydrogen) atoms. The maximum atomic E-state index is 14.2. The summed E-state index contributed by atoms with van der Waals surface area (Å²) < 4.78 is 43.3. The average Bonchev–Trinajstić information content (AvgIpc) is 3.37. The second-order valence-electron chi connectivity index (χ2n) is 8.50. The first kappa shape index (κ1) is 24.2. The molecule has 9 nitrogen and oxygen atoms in total. The van der Waals surface area contributed by atoms with Crippen LogP contribution in [0, 0.1) is 29.3 Å². The minimum absolute atomic E-state index is 0.0113. The first-order valence-corrected chi connectivity index (χ1v) is 11.1. The molecule has 1 aromatic carbocycles. The lowest BCUT2D eigenvalue weighted by molar-refractivity contribution is 0.407. The van der Waals surface area contributed by atoms with Gasteiger partial charge in [0.15, 0.2) is 17.5 Å². The quantitative estimate of drug-likeness (QED) is 0.354. The first-order valence-electron chi connectivity index (χ1n) is 11.1. The fraction of sp³-hybridized carbons (Fsp3) is 0.348. The van der Waals surface area contributed by atoms with Crippen LogP contribution in [-0.2, 0) is 7.05 Å². The van der Waals surface area contributed by atoms with E-state index in [9.17, 15) is 18.1 Å². The Balaban J connectivity index is 0.000000308. The summed E-state index contributed by atoms with van der Waals surface area (Å²) in [5, 5.41) is 10.4. The molecule has 12 heteroatoms. The van der Waals surface area contributed by atoms with Gasteiger partial charge in [0.1, 0.15) is 17.5 Å². The van der Waals surface area contributed by atoms with Gasteiger partial charge in [-0.15, -0.1) is 0 Å². The molecule has 1 saturated carbocycles. The predicted octanol–water partition coefficient (Wildman–Crippen LogP) is 4.84. The Morgan fingerprint density at radius 2 is 2.00 bits per heavy atom. The van der Waals surface area contributed by atoms with E-state index >= 15 is 0 Å². The van der Waals surface area contributed by atoms with Crippen LogP contribution < -0.4 is 11.1 Å². The third kappa shape index (κ3) is 5.42. The fourth-order valence-corrected chi connectivity index (χ4v) is 4.15. The van der Waals surface area contributed by atoms with Crippen LogP contribution in [0.3, 0.4) is 0 Å². The maximum absolute atomic E-state index is 14.2. The smallest absolute Gasteiger partial charge is 0.183 e. The summed E-state index contributed by atoms with van der Waals surface area (Å²) in [5.41, 5.74) is 6.89. The van der Waals surface area contributed by atoms with Crippen molar-refractivity contribution < 1.29 is 13.2 Å². The summed E-state index contributed by atoms with van der Waals surface area (Å²) in [6.07, 6.45) is 5.29. The lowest BCUT2D eigenvalue weighted by atomic mass is 9.91. The third-order valence-corrected chi connectivity index (χ3v) is 5.87. The van der Waals surface area contributed by atoms with Crippen molar-refractivity contribution in [3.63, 3.8) is 0 Å². The van der Waals surface area contributed by atoms with Crippen LogP contribution in [0.25, 0.3) is 22.3 Å². The number of halogens is 3. The molecular weight excluding hydrogens is 461 g/mol. The van der Waals surface area contributed by atoms with Gasteiger partial charge in [0, 0.05) is 42.4 Å².